The van der Waals surface area contributed by atoms with Crippen LogP contribution in [0.15, 0.2) is 24.3 Å². The second-order valence-corrected chi connectivity index (χ2v) is 2.46. The average Bonchev–Trinajstić information content (AvgIpc) is 2.22. The number of hydrogen-bond donors (Lipinski definition) is 2. The zero-order valence-corrected chi connectivity index (χ0v) is 8.15. The van der Waals surface area contributed by atoms with Crippen molar-refractivity contribution in [3.8, 4) is 0 Å². The maximum Gasteiger partial charge on any atom is 0.269 e. The predicted octanol–water partition coefficient (Wildman–Crippen LogP) is 1.23. The first-order chi connectivity index (χ1) is 6.74. The van der Waals surface area contributed by atoms with E-state index in [1.54, 1.807) is 12.1 Å². The quantitative estimate of drug-likeness (QED) is 0.590. The lowest BCUT2D eigenvalue weighted by Crippen LogP contribution is -2.02. The summed E-state index contributed by atoms with van der Waals surface area (Å²) in [7, 11) is 0. The van der Waals surface area contributed by atoms with Crippen molar-refractivity contribution in [3.05, 3.63) is 39.9 Å². The summed E-state index contributed by atoms with van der Waals surface area (Å²) >= 11 is 3.64. The van der Waals surface area contributed by atoms with Crippen molar-refractivity contribution in [2.45, 2.75) is 6.42 Å². The molecule has 0 saturated carbocycles. The molecule has 0 unspecified atom stereocenters. The van der Waals surface area contributed by atoms with Gasteiger partial charge in [-0.3, -0.25) is 14.8 Å². The fraction of sp³-hybridized carbons (Fsp3) is 0.250. The second kappa shape index (κ2) is 7.25. The van der Waals surface area contributed by atoms with Gasteiger partial charge in [-0.2, -0.15) is 0 Å². The Morgan fingerprint density at radius 1 is 1.36 bits per heavy atom. The molecule has 6 heteroatoms. The van der Waals surface area contributed by atoms with Crippen LogP contribution in [-0.2, 0) is 6.42 Å². The van der Waals surface area contributed by atoms with E-state index in [2.05, 4.69) is 11.9 Å². The summed E-state index contributed by atoms with van der Waals surface area (Å²) in [4.78, 5) is 9.84. The van der Waals surface area contributed by atoms with Crippen LogP contribution in [-0.4, -0.2) is 16.1 Å². The van der Waals surface area contributed by atoms with Crippen molar-refractivity contribution >= 4 is 17.6 Å². The van der Waals surface area contributed by atoms with Gasteiger partial charge in [0.25, 0.3) is 5.69 Å². The molecule has 0 aliphatic carbocycles. The third-order valence-corrected chi connectivity index (χ3v) is 1.58. The van der Waals surface area contributed by atoms with Gasteiger partial charge in [-0.05, 0) is 18.5 Å². The molecule has 5 nitrogen and oxygen atoms in total. The number of hydrogen-bond acceptors (Lipinski definition) is 4. The topological polar surface area (TPSA) is 89.4 Å². The van der Waals surface area contributed by atoms with E-state index in [4.69, 9.17) is 10.4 Å². The van der Waals surface area contributed by atoms with Crippen molar-refractivity contribution in [2.75, 3.05) is 6.54 Å². The standard InChI is InChI=1S/C8H10N2O2.ClHO/c9-6-5-7-1-3-8(4-2-7)10(11)12;1-2/h1-4H,5-6,9H2;2H. The highest BCUT2D eigenvalue weighted by molar-refractivity contribution is 6.04. The van der Waals surface area contributed by atoms with Crippen molar-refractivity contribution in [1.82, 2.24) is 0 Å². The lowest BCUT2D eigenvalue weighted by Gasteiger charge is -1.96. The summed E-state index contributed by atoms with van der Waals surface area (Å²) in [5.74, 6) is 0. The monoisotopic (exact) mass is 218 g/mol. The molecule has 0 saturated heterocycles. The molecule has 78 valence electrons. The molecule has 1 rings (SSSR count). The molecule has 0 radical (unpaired) electrons. The van der Waals surface area contributed by atoms with Crippen LogP contribution in [0.1, 0.15) is 5.56 Å². The van der Waals surface area contributed by atoms with Crippen LogP contribution in [0.3, 0.4) is 0 Å². The Morgan fingerprint density at radius 2 is 1.86 bits per heavy atom. The summed E-state index contributed by atoms with van der Waals surface area (Å²) in [5, 5.41) is 10.3. The van der Waals surface area contributed by atoms with Gasteiger partial charge in [0.2, 0.25) is 0 Å². The van der Waals surface area contributed by atoms with Crippen molar-refractivity contribution < 1.29 is 9.58 Å². The van der Waals surface area contributed by atoms with Crippen LogP contribution in [0.4, 0.5) is 5.69 Å². The molecular formula is C8H11ClN2O3. The Bertz CT molecular complexity index is 276. The van der Waals surface area contributed by atoms with E-state index < -0.39 is 4.92 Å². The second-order valence-electron chi connectivity index (χ2n) is 2.46. The van der Waals surface area contributed by atoms with Gasteiger partial charge in [0.15, 0.2) is 0 Å². The molecule has 0 spiro atoms. The molecule has 14 heavy (non-hydrogen) atoms. The maximum absolute atomic E-state index is 10.3. The lowest BCUT2D eigenvalue weighted by molar-refractivity contribution is -0.384. The summed E-state index contributed by atoms with van der Waals surface area (Å²) in [6.45, 7) is 0.567. The van der Waals surface area contributed by atoms with E-state index in [1.165, 1.54) is 12.1 Å². The lowest BCUT2D eigenvalue weighted by atomic mass is 10.1. The van der Waals surface area contributed by atoms with Crippen LogP contribution < -0.4 is 5.73 Å². The molecular weight excluding hydrogens is 208 g/mol. The third kappa shape index (κ3) is 4.18. The molecule has 0 atom stereocenters. The van der Waals surface area contributed by atoms with Gasteiger partial charge >= 0.3 is 0 Å². The Balaban J connectivity index is 0.000000791. The minimum atomic E-state index is -0.410. The molecule has 0 amide bonds. The first-order valence-corrected chi connectivity index (χ1v) is 4.18. The molecule has 0 fully saturated rings. The van der Waals surface area contributed by atoms with E-state index in [1.807, 2.05) is 0 Å². The van der Waals surface area contributed by atoms with Gasteiger partial charge in [0.05, 0.1) is 16.8 Å². The Kier molecular flexibility index (Phi) is 6.65. The largest absolute Gasteiger partial charge is 0.330 e. The molecule has 1 aromatic carbocycles. The number of rotatable bonds is 3. The number of benzene rings is 1. The minimum Gasteiger partial charge on any atom is -0.330 e. The molecule has 1 aromatic rings. The zero-order valence-electron chi connectivity index (χ0n) is 7.39. The zero-order chi connectivity index (χ0) is 11.0. The van der Waals surface area contributed by atoms with E-state index in [0.717, 1.165) is 12.0 Å². The normalized spacial score (nSPS) is 8.79. The summed E-state index contributed by atoms with van der Waals surface area (Å²) in [6, 6.07) is 6.44. The third-order valence-electron chi connectivity index (χ3n) is 1.58. The minimum absolute atomic E-state index is 0.121. The van der Waals surface area contributed by atoms with Gasteiger partial charge in [-0.25, -0.2) is 0 Å². The van der Waals surface area contributed by atoms with E-state index in [0.29, 0.717) is 6.54 Å². The number of nitro groups is 1. The molecule has 0 bridgehead atoms. The van der Waals surface area contributed by atoms with Gasteiger partial charge in [0.1, 0.15) is 0 Å². The van der Waals surface area contributed by atoms with Crippen molar-refractivity contribution in [1.29, 1.82) is 0 Å². The Labute approximate surface area is 86.4 Å². The highest BCUT2D eigenvalue weighted by atomic mass is 35.5. The number of nitrogens with two attached hydrogens (primary N) is 1. The number of halogens is 1. The average molecular weight is 219 g/mol. The number of nitro benzene ring substituents is 1. The Morgan fingerprint density at radius 3 is 2.21 bits per heavy atom. The van der Waals surface area contributed by atoms with E-state index in [-0.39, 0.29) is 5.69 Å². The van der Waals surface area contributed by atoms with E-state index >= 15 is 0 Å². The highest BCUT2D eigenvalue weighted by Gasteiger charge is 2.02. The smallest absolute Gasteiger partial charge is 0.269 e. The van der Waals surface area contributed by atoms with Crippen molar-refractivity contribution in [3.63, 3.8) is 0 Å². The van der Waals surface area contributed by atoms with Crippen LogP contribution in [0.25, 0.3) is 0 Å². The SMILES string of the molecule is NCCc1ccc([N+](=O)[O-])cc1.OCl. The maximum atomic E-state index is 10.3. The molecule has 0 aliphatic rings. The molecule has 0 aromatic heterocycles. The first-order valence-electron chi connectivity index (χ1n) is 3.84. The Hall–Kier alpha value is -1.17. The predicted molar refractivity (Wildman–Crippen MR) is 53.9 cm³/mol. The summed E-state index contributed by atoms with van der Waals surface area (Å²) in [5.41, 5.74) is 6.48. The van der Waals surface area contributed by atoms with Crippen LogP contribution in [0.5, 0.6) is 0 Å². The summed E-state index contributed by atoms with van der Waals surface area (Å²) < 4.78 is 6.47. The summed E-state index contributed by atoms with van der Waals surface area (Å²) in [6.07, 6.45) is 0.762. The van der Waals surface area contributed by atoms with E-state index in [9.17, 15) is 10.1 Å². The molecule has 0 heterocycles. The fourth-order valence-electron chi connectivity index (χ4n) is 0.951. The van der Waals surface area contributed by atoms with Gasteiger partial charge in [0, 0.05) is 12.1 Å². The number of nitrogens with zero attached hydrogens (tertiary/aromatic N) is 1. The van der Waals surface area contributed by atoms with Gasteiger partial charge in [-0.15, -0.1) is 0 Å². The molecule has 3 N–H and O–H groups in total. The highest BCUT2D eigenvalue weighted by Crippen LogP contribution is 2.11. The first kappa shape index (κ1) is 12.8. The van der Waals surface area contributed by atoms with Gasteiger partial charge < -0.3 is 5.73 Å². The van der Waals surface area contributed by atoms with Crippen LogP contribution in [0, 0.1) is 10.1 Å². The number of non-ortho nitro benzene ring substituents is 1. The van der Waals surface area contributed by atoms with Crippen LogP contribution in [0.2, 0.25) is 0 Å². The van der Waals surface area contributed by atoms with Crippen LogP contribution >= 0.6 is 11.9 Å². The fourth-order valence-corrected chi connectivity index (χ4v) is 0.951. The van der Waals surface area contributed by atoms with Crippen molar-refractivity contribution in [2.24, 2.45) is 5.73 Å². The molecule has 0 aliphatic heterocycles. The van der Waals surface area contributed by atoms with Gasteiger partial charge in [-0.1, -0.05) is 12.1 Å².